The number of hydrogen-bond acceptors (Lipinski definition) is 3. The Hall–Kier alpha value is -1.35. The lowest BCUT2D eigenvalue weighted by atomic mass is 9.84. The topological polar surface area (TPSA) is 38.8 Å². The maximum absolute atomic E-state index is 12.6. The summed E-state index contributed by atoms with van der Waals surface area (Å²) in [6.45, 7) is 4.52. The molecule has 3 rings (SSSR count). The quantitative estimate of drug-likeness (QED) is 0.623. The van der Waals surface area contributed by atoms with Gasteiger partial charge < -0.3 is 9.47 Å². The molecular formula is C17H22O3. The largest absolute Gasteiger partial charge is 0.463 e. The third-order valence-corrected chi connectivity index (χ3v) is 4.54. The standard InChI is InChI=1S/C17H22O3/c1-3-12-19-15(18)17(14-8-6-13(2)7-9-14)16(20-17)10-4-5-11-16/h6-9H,3-5,10-12H2,1-2H3. The SMILES string of the molecule is CCCOC(=O)C1(c2ccc(C)cc2)OC12CCCC2. The van der Waals surface area contributed by atoms with Crippen molar-refractivity contribution in [2.75, 3.05) is 6.61 Å². The Labute approximate surface area is 120 Å². The molecule has 1 spiro atoms. The molecule has 1 aliphatic heterocycles. The highest BCUT2D eigenvalue weighted by Gasteiger charge is 2.76. The minimum atomic E-state index is -0.841. The Balaban J connectivity index is 1.93. The van der Waals surface area contributed by atoms with Crippen molar-refractivity contribution in [3.05, 3.63) is 35.4 Å². The first kappa shape index (κ1) is 13.6. The number of carbonyl (C=O) groups excluding carboxylic acids is 1. The summed E-state index contributed by atoms with van der Waals surface area (Å²) in [7, 11) is 0. The Morgan fingerprint density at radius 3 is 2.50 bits per heavy atom. The summed E-state index contributed by atoms with van der Waals surface area (Å²) in [6.07, 6.45) is 5.02. The van der Waals surface area contributed by atoms with Gasteiger partial charge >= 0.3 is 5.97 Å². The van der Waals surface area contributed by atoms with E-state index >= 15 is 0 Å². The van der Waals surface area contributed by atoms with Crippen LogP contribution in [0.2, 0.25) is 0 Å². The number of ether oxygens (including phenoxy) is 2. The molecular weight excluding hydrogens is 252 g/mol. The van der Waals surface area contributed by atoms with E-state index in [4.69, 9.17) is 9.47 Å². The monoisotopic (exact) mass is 274 g/mol. The van der Waals surface area contributed by atoms with E-state index in [1.54, 1.807) is 0 Å². The molecule has 1 saturated carbocycles. The molecule has 0 amide bonds. The smallest absolute Gasteiger partial charge is 0.346 e. The number of epoxide rings is 1. The lowest BCUT2D eigenvalue weighted by Gasteiger charge is -2.16. The van der Waals surface area contributed by atoms with E-state index in [1.165, 1.54) is 5.56 Å². The van der Waals surface area contributed by atoms with Gasteiger partial charge in [0.1, 0.15) is 5.60 Å². The normalized spacial score (nSPS) is 26.7. The van der Waals surface area contributed by atoms with Gasteiger partial charge in [-0.05, 0) is 31.7 Å². The zero-order valence-electron chi connectivity index (χ0n) is 12.3. The lowest BCUT2D eigenvalue weighted by molar-refractivity contribution is -0.150. The lowest BCUT2D eigenvalue weighted by Crippen LogP contribution is -2.32. The Morgan fingerprint density at radius 2 is 1.90 bits per heavy atom. The van der Waals surface area contributed by atoms with Crippen LogP contribution in [-0.2, 0) is 19.9 Å². The van der Waals surface area contributed by atoms with Crippen LogP contribution in [0.1, 0.15) is 50.2 Å². The average molecular weight is 274 g/mol. The van der Waals surface area contributed by atoms with Crippen molar-refractivity contribution < 1.29 is 14.3 Å². The molecule has 0 radical (unpaired) electrons. The minimum Gasteiger partial charge on any atom is -0.463 e. The van der Waals surface area contributed by atoms with E-state index in [-0.39, 0.29) is 11.6 Å². The molecule has 0 bridgehead atoms. The van der Waals surface area contributed by atoms with Gasteiger partial charge in [0, 0.05) is 0 Å². The Kier molecular flexibility index (Phi) is 3.33. The maximum Gasteiger partial charge on any atom is 0.346 e. The molecule has 1 heterocycles. The van der Waals surface area contributed by atoms with E-state index in [0.29, 0.717) is 6.61 Å². The number of aryl methyl sites for hydroxylation is 1. The fourth-order valence-electron chi connectivity index (χ4n) is 3.42. The predicted octanol–water partition coefficient (Wildman–Crippen LogP) is 3.49. The van der Waals surface area contributed by atoms with Crippen LogP contribution in [0.15, 0.2) is 24.3 Å². The first-order valence-electron chi connectivity index (χ1n) is 7.59. The second kappa shape index (κ2) is 4.88. The third kappa shape index (κ3) is 1.87. The molecule has 20 heavy (non-hydrogen) atoms. The van der Waals surface area contributed by atoms with Gasteiger partial charge in [-0.1, -0.05) is 49.6 Å². The van der Waals surface area contributed by atoms with Crippen LogP contribution in [0.3, 0.4) is 0 Å². The van der Waals surface area contributed by atoms with Crippen LogP contribution in [-0.4, -0.2) is 18.2 Å². The van der Waals surface area contributed by atoms with Gasteiger partial charge in [-0.3, -0.25) is 0 Å². The van der Waals surface area contributed by atoms with Crippen molar-refractivity contribution in [3.63, 3.8) is 0 Å². The molecule has 1 atom stereocenters. The summed E-state index contributed by atoms with van der Waals surface area (Å²) in [6, 6.07) is 8.09. The van der Waals surface area contributed by atoms with Crippen LogP contribution in [0, 0.1) is 6.92 Å². The molecule has 0 N–H and O–H groups in total. The highest BCUT2D eigenvalue weighted by molar-refractivity contribution is 5.87. The number of hydrogen-bond donors (Lipinski definition) is 0. The average Bonchev–Trinajstić information content (AvgIpc) is 2.86. The van der Waals surface area contributed by atoms with Crippen molar-refractivity contribution in [3.8, 4) is 0 Å². The van der Waals surface area contributed by atoms with Crippen molar-refractivity contribution in [1.29, 1.82) is 0 Å². The Morgan fingerprint density at radius 1 is 1.25 bits per heavy atom. The number of rotatable bonds is 4. The van der Waals surface area contributed by atoms with Gasteiger partial charge in [0.25, 0.3) is 0 Å². The van der Waals surface area contributed by atoms with E-state index in [2.05, 4.69) is 0 Å². The third-order valence-electron chi connectivity index (χ3n) is 4.54. The summed E-state index contributed by atoms with van der Waals surface area (Å²) in [5.41, 5.74) is 0.998. The fourth-order valence-corrected chi connectivity index (χ4v) is 3.42. The molecule has 3 nitrogen and oxygen atoms in total. The van der Waals surface area contributed by atoms with Gasteiger partial charge in [-0.2, -0.15) is 0 Å². The predicted molar refractivity (Wildman–Crippen MR) is 76.4 cm³/mol. The van der Waals surface area contributed by atoms with Gasteiger partial charge in [-0.25, -0.2) is 4.79 Å². The van der Waals surface area contributed by atoms with Crippen LogP contribution in [0.5, 0.6) is 0 Å². The van der Waals surface area contributed by atoms with Crippen molar-refractivity contribution in [2.24, 2.45) is 0 Å². The Bertz CT molecular complexity index is 499. The second-order valence-corrected chi connectivity index (χ2v) is 5.99. The summed E-state index contributed by atoms with van der Waals surface area (Å²) >= 11 is 0. The molecule has 3 heteroatoms. The first-order chi connectivity index (χ1) is 9.64. The number of esters is 1. The maximum atomic E-state index is 12.6. The highest BCUT2D eigenvalue weighted by Crippen LogP contribution is 2.64. The van der Waals surface area contributed by atoms with E-state index < -0.39 is 5.60 Å². The zero-order valence-corrected chi connectivity index (χ0v) is 12.3. The van der Waals surface area contributed by atoms with Crippen molar-refractivity contribution in [1.82, 2.24) is 0 Å². The van der Waals surface area contributed by atoms with Crippen LogP contribution in [0.4, 0.5) is 0 Å². The van der Waals surface area contributed by atoms with Crippen LogP contribution < -0.4 is 0 Å². The summed E-state index contributed by atoms with van der Waals surface area (Å²) in [5.74, 6) is -0.204. The molecule has 1 saturated heterocycles. The van der Waals surface area contributed by atoms with Crippen LogP contribution >= 0.6 is 0 Å². The minimum absolute atomic E-state index is 0.204. The molecule has 2 fully saturated rings. The zero-order chi connectivity index (χ0) is 14.2. The van der Waals surface area contributed by atoms with E-state index in [9.17, 15) is 4.79 Å². The highest BCUT2D eigenvalue weighted by atomic mass is 16.7. The van der Waals surface area contributed by atoms with Gasteiger partial charge in [0.2, 0.25) is 5.60 Å². The summed E-state index contributed by atoms with van der Waals surface area (Å²) < 4.78 is 11.5. The van der Waals surface area contributed by atoms with Crippen LogP contribution in [0.25, 0.3) is 0 Å². The summed E-state index contributed by atoms with van der Waals surface area (Å²) in [5, 5.41) is 0. The molecule has 2 aliphatic rings. The second-order valence-electron chi connectivity index (χ2n) is 5.99. The molecule has 108 valence electrons. The molecule has 1 unspecified atom stereocenters. The van der Waals surface area contributed by atoms with Crippen molar-refractivity contribution in [2.45, 2.75) is 57.2 Å². The first-order valence-corrected chi connectivity index (χ1v) is 7.59. The molecule has 0 aromatic heterocycles. The van der Waals surface area contributed by atoms with Gasteiger partial charge in [0.15, 0.2) is 0 Å². The summed E-state index contributed by atoms with van der Waals surface area (Å²) in [4.78, 5) is 12.6. The van der Waals surface area contributed by atoms with Crippen molar-refractivity contribution >= 4 is 5.97 Å². The van der Waals surface area contributed by atoms with E-state index in [0.717, 1.165) is 37.7 Å². The molecule has 1 aromatic rings. The number of benzene rings is 1. The van der Waals surface area contributed by atoms with Gasteiger partial charge in [-0.15, -0.1) is 0 Å². The number of carbonyl (C=O) groups is 1. The van der Waals surface area contributed by atoms with E-state index in [1.807, 2.05) is 38.1 Å². The van der Waals surface area contributed by atoms with Gasteiger partial charge in [0.05, 0.1) is 6.61 Å². The molecule has 1 aromatic carbocycles. The molecule has 1 aliphatic carbocycles. The fraction of sp³-hybridized carbons (Fsp3) is 0.588.